The first-order chi connectivity index (χ1) is 7.77. The molecule has 1 aromatic rings. The summed E-state index contributed by atoms with van der Waals surface area (Å²) in [6.45, 7) is 0.613. The van der Waals surface area contributed by atoms with Crippen LogP contribution in [-0.4, -0.2) is 29.1 Å². The third-order valence-electron chi connectivity index (χ3n) is 3.46. The molecular weight excluding hydrogens is 204 g/mol. The van der Waals surface area contributed by atoms with Gasteiger partial charge in [-0.2, -0.15) is 0 Å². The van der Waals surface area contributed by atoms with Crippen molar-refractivity contribution in [2.24, 2.45) is 5.41 Å². The number of H-pyrrole nitrogens is 1. The van der Waals surface area contributed by atoms with E-state index in [0.29, 0.717) is 6.54 Å². The minimum Gasteiger partial charge on any atom is -0.395 e. The fourth-order valence-corrected chi connectivity index (χ4v) is 2.08. The normalized spacial score (nSPS) is 17.8. The zero-order valence-electron chi connectivity index (χ0n) is 9.33. The summed E-state index contributed by atoms with van der Waals surface area (Å²) in [5, 5.41) is 12.1. The molecule has 1 aliphatic rings. The first-order valence-electron chi connectivity index (χ1n) is 5.78. The largest absolute Gasteiger partial charge is 0.395 e. The summed E-state index contributed by atoms with van der Waals surface area (Å²) in [7, 11) is 0. The third-order valence-corrected chi connectivity index (χ3v) is 3.46. The molecule has 0 bridgehead atoms. The van der Waals surface area contributed by atoms with Gasteiger partial charge < -0.3 is 15.4 Å². The Morgan fingerprint density at radius 1 is 1.56 bits per heavy atom. The molecule has 1 saturated carbocycles. The van der Waals surface area contributed by atoms with E-state index in [9.17, 15) is 9.90 Å². The molecule has 1 amide bonds. The van der Waals surface area contributed by atoms with E-state index in [-0.39, 0.29) is 12.5 Å². The fourth-order valence-electron chi connectivity index (χ4n) is 2.08. The summed E-state index contributed by atoms with van der Waals surface area (Å²) in [6, 6.07) is 2.00. The van der Waals surface area contributed by atoms with Crippen LogP contribution < -0.4 is 5.32 Å². The Kier molecular flexibility index (Phi) is 3.29. The average molecular weight is 222 g/mol. The minimum absolute atomic E-state index is 0.0109. The van der Waals surface area contributed by atoms with Crippen molar-refractivity contribution >= 4 is 5.91 Å². The van der Waals surface area contributed by atoms with Gasteiger partial charge >= 0.3 is 0 Å². The molecule has 4 nitrogen and oxygen atoms in total. The van der Waals surface area contributed by atoms with E-state index in [1.54, 1.807) is 0 Å². The second-order valence-corrected chi connectivity index (χ2v) is 4.52. The van der Waals surface area contributed by atoms with Crippen LogP contribution in [0.5, 0.6) is 0 Å². The number of carbonyl (C=O) groups excluding carboxylic acids is 1. The van der Waals surface area contributed by atoms with Crippen molar-refractivity contribution in [3.8, 4) is 0 Å². The van der Waals surface area contributed by atoms with E-state index in [2.05, 4.69) is 10.3 Å². The number of aromatic nitrogens is 1. The maximum Gasteiger partial charge on any atom is 0.228 e. The Balaban J connectivity index is 1.75. The topological polar surface area (TPSA) is 65.1 Å². The van der Waals surface area contributed by atoms with E-state index in [4.69, 9.17) is 0 Å². The maximum absolute atomic E-state index is 11.8. The fraction of sp³-hybridized carbons (Fsp3) is 0.583. The van der Waals surface area contributed by atoms with E-state index < -0.39 is 5.41 Å². The van der Waals surface area contributed by atoms with Crippen LogP contribution in [0.2, 0.25) is 0 Å². The summed E-state index contributed by atoms with van der Waals surface area (Å²) >= 11 is 0. The number of hydrogen-bond acceptors (Lipinski definition) is 2. The van der Waals surface area contributed by atoms with Crippen molar-refractivity contribution < 1.29 is 9.90 Å². The molecule has 3 N–H and O–H groups in total. The number of amides is 1. The van der Waals surface area contributed by atoms with Gasteiger partial charge in [0.25, 0.3) is 0 Å². The SMILES string of the molecule is O=C(NCCc1cc[nH]c1)C1(CO)CCC1. The molecule has 0 atom stereocenters. The number of aliphatic hydroxyl groups is 1. The van der Waals surface area contributed by atoms with Crippen molar-refractivity contribution in [3.63, 3.8) is 0 Å². The lowest BCUT2D eigenvalue weighted by molar-refractivity contribution is -0.139. The summed E-state index contributed by atoms with van der Waals surface area (Å²) in [4.78, 5) is 14.8. The van der Waals surface area contributed by atoms with Crippen LogP contribution in [0.4, 0.5) is 0 Å². The molecule has 1 heterocycles. The highest BCUT2D eigenvalue weighted by Crippen LogP contribution is 2.40. The lowest BCUT2D eigenvalue weighted by Gasteiger charge is -2.38. The van der Waals surface area contributed by atoms with Crippen molar-refractivity contribution in [3.05, 3.63) is 24.0 Å². The number of aliphatic hydroxyl groups excluding tert-OH is 1. The quantitative estimate of drug-likeness (QED) is 0.691. The molecule has 1 fully saturated rings. The van der Waals surface area contributed by atoms with Gasteiger partial charge in [-0.3, -0.25) is 4.79 Å². The zero-order chi connectivity index (χ0) is 11.4. The van der Waals surface area contributed by atoms with Gasteiger partial charge in [0.2, 0.25) is 5.91 Å². The zero-order valence-corrected chi connectivity index (χ0v) is 9.33. The molecule has 0 saturated heterocycles. The summed E-state index contributed by atoms with van der Waals surface area (Å²) in [6.07, 6.45) is 7.32. The molecule has 1 aromatic heterocycles. The summed E-state index contributed by atoms with van der Waals surface area (Å²) in [5.74, 6) is 0.0109. The first-order valence-corrected chi connectivity index (χ1v) is 5.78. The number of hydrogen-bond donors (Lipinski definition) is 3. The van der Waals surface area contributed by atoms with Crippen molar-refractivity contribution in [1.29, 1.82) is 0 Å². The predicted octanol–water partition coefficient (Wildman–Crippen LogP) is 0.836. The molecule has 0 aromatic carbocycles. The summed E-state index contributed by atoms with van der Waals surface area (Å²) < 4.78 is 0. The van der Waals surface area contributed by atoms with E-state index in [1.165, 1.54) is 5.56 Å². The standard InChI is InChI=1S/C12H18N2O2/c15-9-12(4-1-5-12)11(16)14-7-3-10-2-6-13-8-10/h2,6,8,13,15H,1,3-5,7,9H2,(H,14,16). The second-order valence-electron chi connectivity index (χ2n) is 4.52. The first kappa shape index (κ1) is 11.2. The monoisotopic (exact) mass is 222 g/mol. The van der Waals surface area contributed by atoms with Crippen LogP contribution >= 0.6 is 0 Å². The van der Waals surface area contributed by atoms with E-state index in [0.717, 1.165) is 25.7 Å². The van der Waals surface area contributed by atoms with Crippen molar-refractivity contribution in [1.82, 2.24) is 10.3 Å². The molecule has 2 rings (SSSR count). The second kappa shape index (κ2) is 4.70. The van der Waals surface area contributed by atoms with Gasteiger partial charge in [0.15, 0.2) is 0 Å². The van der Waals surface area contributed by atoms with Crippen LogP contribution in [0.15, 0.2) is 18.5 Å². The predicted molar refractivity (Wildman–Crippen MR) is 60.9 cm³/mol. The highest BCUT2D eigenvalue weighted by molar-refractivity contribution is 5.83. The average Bonchev–Trinajstić information content (AvgIpc) is 2.70. The van der Waals surface area contributed by atoms with E-state index >= 15 is 0 Å². The number of carbonyl (C=O) groups is 1. The number of nitrogens with one attached hydrogen (secondary N) is 2. The maximum atomic E-state index is 11.8. The van der Waals surface area contributed by atoms with E-state index in [1.807, 2.05) is 18.5 Å². The highest BCUT2D eigenvalue weighted by Gasteiger charge is 2.43. The van der Waals surface area contributed by atoms with Crippen LogP contribution in [0.1, 0.15) is 24.8 Å². The van der Waals surface area contributed by atoms with Crippen LogP contribution in [0.3, 0.4) is 0 Å². The van der Waals surface area contributed by atoms with Gasteiger partial charge in [-0.1, -0.05) is 6.42 Å². The van der Waals surface area contributed by atoms with Crippen molar-refractivity contribution in [2.75, 3.05) is 13.2 Å². The number of aromatic amines is 1. The lowest BCUT2D eigenvalue weighted by Crippen LogP contribution is -2.48. The van der Waals surface area contributed by atoms with Gasteiger partial charge in [-0.05, 0) is 30.9 Å². The van der Waals surface area contributed by atoms with Gasteiger partial charge in [-0.25, -0.2) is 0 Å². The molecule has 0 radical (unpaired) electrons. The molecule has 0 unspecified atom stereocenters. The number of rotatable bonds is 5. The van der Waals surface area contributed by atoms with Gasteiger partial charge in [-0.15, -0.1) is 0 Å². The molecule has 0 aliphatic heterocycles. The van der Waals surface area contributed by atoms with Gasteiger partial charge in [0.1, 0.15) is 0 Å². The highest BCUT2D eigenvalue weighted by atomic mass is 16.3. The smallest absolute Gasteiger partial charge is 0.228 e. The van der Waals surface area contributed by atoms with Crippen molar-refractivity contribution in [2.45, 2.75) is 25.7 Å². The minimum atomic E-state index is -0.474. The molecule has 0 spiro atoms. The molecule has 88 valence electrons. The van der Waals surface area contributed by atoms with Gasteiger partial charge in [0.05, 0.1) is 12.0 Å². The Labute approximate surface area is 95.1 Å². The third kappa shape index (κ3) is 2.11. The van der Waals surface area contributed by atoms with Gasteiger partial charge in [0, 0.05) is 18.9 Å². The van der Waals surface area contributed by atoms with Crippen LogP contribution in [0, 0.1) is 5.41 Å². The molecule has 16 heavy (non-hydrogen) atoms. The molecule has 4 heteroatoms. The van der Waals surface area contributed by atoms with Crippen LogP contribution in [-0.2, 0) is 11.2 Å². The Bertz CT molecular complexity index is 336. The Morgan fingerprint density at radius 2 is 2.38 bits per heavy atom. The van der Waals surface area contributed by atoms with Crippen LogP contribution in [0.25, 0.3) is 0 Å². The Morgan fingerprint density at radius 3 is 2.88 bits per heavy atom. The molecule has 1 aliphatic carbocycles. The Hall–Kier alpha value is -1.29. The summed E-state index contributed by atoms with van der Waals surface area (Å²) in [5.41, 5.74) is 0.713. The molecular formula is C12H18N2O2. The lowest BCUT2D eigenvalue weighted by atomic mass is 9.68.